The van der Waals surface area contributed by atoms with Crippen molar-refractivity contribution >= 4 is 22.4 Å². The van der Waals surface area contributed by atoms with Crippen LogP contribution in [0.4, 0.5) is 13.2 Å². The molecule has 0 aliphatic carbocycles. The zero-order valence-electron chi connectivity index (χ0n) is 11.1. The molecule has 0 bridgehead atoms. The molecule has 0 radical (unpaired) electrons. The summed E-state index contributed by atoms with van der Waals surface area (Å²) < 4.78 is 41.0. The Morgan fingerprint density at radius 1 is 1.00 bits per heavy atom. The first-order chi connectivity index (χ1) is 10.4. The zero-order valence-corrected chi connectivity index (χ0v) is 11.8. The number of alkyl halides is 3. The average molecular weight is 324 g/mol. The third kappa shape index (κ3) is 2.99. The van der Waals surface area contributed by atoms with Crippen molar-refractivity contribution in [1.82, 2.24) is 4.98 Å². The molecule has 112 valence electrons. The third-order valence-electron chi connectivity index (χ3n) is 3.14. The molecule has 0 aliphatic heterocycles. The van der Waals surface area contributed by atoms with Crippen LogP contribution in [0.2, 0.25) is 5.02 Å². The highest BCUT2D eigenvalue weighted by atomic mass is 35.5. The van der Waals surface area contributed by atoms with E-state index in [4.69, 9.17) is 11.6 Å². The summed E-state index contributed by atoms with van der Waals surface area (Å²) in [6, 6.07) is 11.1. The minimum Gasteiger partial charge on any atom is -0.406 e. The van der Waals surface area contributed by atoms with Gasteiger partial charge in [0.05, 0.1) is 0 Å². The Labute approximate surface area is 129 Å². The van der Waals surface area contributed by atoms with Crippen molar-refractivity contribution in [3.8, 4) is 16.9 Å². The number of hydrogen-bond donors (Lipinski definition) is 0. The Morgan fingerprint density at radius 2 is 1.82 bits per heavy atom. The third-order valence-corrected chi connectivity index (χ3v) is 3.47. The molecule has 0 spiro atoms. The largest absolute Gasteiger partial charge is 0.573 e. The van der Waals surface area contributed by atoms with Crippen molar-refractivity contribution < 1.29 is 17.9 Å². The van der Waals surface area contributed by atoms with Crippen LogP contribution >= 0.6 is 11.6 Å². The summed E-state index contributed by atoms with van der Waals surface area (Å²) in [4.78, 5) is 4.02. The zero-order chi connectivity index (χ0) is 15.7. The van der Waals surface area contributed by atoms with E-state index in [0.717, 1.165) is 16.3 Å². The Kier molecular flexibility index (Phi) is 3.66. The van der Waals surface area contributed by atoms with Gasteiger partial charge in [0.2, 0.25) is 0 Å². The number of nitrogens with zero attached hydrogens (tertiary/aromatic N) is 1. The van der Waals surface area contributed by atoms with E-state index < -0.39 is 6.36 Å². The molecule has 0 atom stereocenters. The van der Waals surface area contributed by atoms with Gasteiger partial charge in [-0.25, -0.2) is 0 Å². The van der Waals surface area contributed by atoms with Crippen LogP contribution in [0.15, 0.2) is 54.9 Å². The minimum absolute atomic E-state index is 0.262. The van der Waals surface area contributed by atoms with Crippen LogP contribution in [0.1, 0.15) is 0 Å². The van der Waals surface area contributed by atoms with Crippen LogP contribution in [0, 0.1) is 0 Å². The molecule has 0 saturated carbocycles. The van der Waals surface area contributed by atoms with Crippen molar-refractivity contribution in [2.24, 2.45) is 0 Å². The van der Waals surface area contributed by atoms with Gasteiger partial charge in [0.1, 0.15) is 5.75 Å². The Hall–Kier alpha value is -2.27. The number of benzene rings is 2. The SMILES string of the molecule is FC(F)(F)Oc1cccc(-c2ccc(Cl)c3cnccc23)c1. The second kappa shape index (κ2) is 5.50. The van der Waals surface area contributed by atoms with Crippen LogP contribution in [0.3, 0.4) is 0 Å². The topological polar surface area (TPSA) is 22.1 Å². The summed E-state index contributed by atoms with van der Waals surface area (Å²) in [5, 5.41) is 2.09. The maximum absolute atomic E-state index is 12.3. The first-order valence-electron chi connectivity index (χ1n) is 6.32. The fourth-order valence-corrected chi connectivity index (χ4v) is 2.48. The molecule has 3 rings (SSSR count). The lowest BCUT2D eigenvalue weighted by Gasteiger charge is -2.12. The van der Waals surface area contributed by atoms with E-state index in [1.165, 1.54) is 18.2 Å². The van der Waals surface area contributed by atoms with E-state index in [-0.39, 0.29) is 5.75 Å². The normalized spacial score (nSPS) is 11.6. The molecule has 3 aromatic rings. The molecule has 1 heterocycles. The van der Waals surface area contributed by atoms with Gasteiger partial charge in [-0.1, -0.05) is 29.8 Å². The number of pyridine rings is 1. The van der Waals surface area contributed by atoms with E-state index in [1.807, 2.05) is 0 Å². The van der Waals surface area contributed by atoms with E-state index in [2.05, 4.69) is 9.72 Å². The lowest BCUT2D eigenvalue weighted by molar-refractivity contribution is -0.274. The summed E-state index contributed by atoms with van der Waals surface area (Å²) >= 11 is 6.12. The fourth-order valence-electron chi connectivity index (χ4n) is 2.27. The Bertz CT molecular complexity index is 833. The lowest BCUT2D eigenvalue weighted by Crippen LogP contribution is -2.17. The number of halogens is 4. The van der Waals surface area contributed by atoms with Gasteiger partial charge in [0.15, 0.2) is 0 Å². The number of hydrogen-bond acceptors (Lipinski definition) is 2. The monoisotopic (exact) mass is 323 g/mol. The molecule has 0 unspecified atom stereocenters. The van der Waals surface area contributed by atoms with Crippen LogP contribution in [0.25, 0.3) is 21.9 Å². The van der Waals surface area contributed by atoms with Crippen molar-refractivity contribution in [3.05, 3.63) is 59.9 Å². The molecule has 0 fully saturated rings. The maximum atomic E-state index is 12.3. The summed E-state index contributed by atoms with van der Waals surface area (Å²) in [6.45, 7) is 0. The van der Waals surface area contributed by atoms with E-state index in [0.29, 0.717) is 10.6 Å². The Morgan fingerprint density at radius 3 is 2.59 bits per heavy atom. The first kappa shape index (κ1) is 14.7. The summed E-state index contributed by atoms with van der Waals surface area (Å²) in [7, 11) is 0. The molecular formula is C16H9ClF3NO. The molecule has 0 aliphatic rings. The highest BCUT2D eigenvalue weighted by molar-refractivity contribution is 6.36. The molecule has 0 saturated heterocycles. The molecular weight excluding hydrogens is 315 g/mol. The van der Waals surface area contributed by atoms with Gasteiger partial charge in [-0.3, -0.25) is 4.98 Å². The van der Waals surface area contributed by atoms with Crippen LogP contribution in [-0.4, -0.2) is 11.3 Å². The number of ether oxygens (including phenoxy) is 1. The van der Waals surface area contributed by atoms with Crippen molar-refractivity contribution in [2.75, 3.05) is 0 Å². The highest BCUT2D eigenvalue weighted by Crippen LogP contribution is 2.34. The molecule has 2 nitrogen and oxygen atoms in total. The average Bonchev–Trinajstić information content (AvgIpc) is 2.46. The minimum atomic E-state index is -4.72. The Balaban J connectivity index is 2.12. The van der Waals surface area contributed by atoms with Crippen molar-refractivity contribution in [3.63, 3.8) is 0 Å². The van der Waals surface area contributed by atoms with Crippen molar-refractivity contribution in [1.29, 1.82) is 0 Å². The van der Waals surface area contributed by atoms with Gasteiger partial charge in [0.25, 0.3) is 0 Å². The fraction of sp³-hybridized carbons (Fsp3) is 0.0625. The summed E-state index contributed by atoms with van der Waals surface area (Å²) in [5.74, 6) is -0.262. The predicted molar refractivity (Wildman–Crippen MR) is 78.9 cm³/mol. The predicted octanol–water partition coefficient (Wildman–Crippen LogP) is 5.45. The van der Waals surface area contributed by atoms with Crippen LogP contribution in [-0.2, 0) is 0 Å². The first-order valence-corrected chi connectivity index (χ1v) is 6.70. The standard InChI is InChI=1S/C16H9ClF3NO/c17-15-5-4-12(13-6-7-21-9-14(13)15)10-2-1-3-11(8-10)22-16(18,19)20/h1-9H. The van der Waals surface area contributed by atoms with Crippen LogP contribution in [0.5, 0.6) is 5.75 Å². The highest BCUT2D eigenvalue weighted by Gasteiger charge is 2.31. The lowest BCUT2D eigenvalue weighted by atomic mass is 9.99. The molecule has 2 aromatic carbocycles. The maximum Gasteiger partial charge on any atom is 0.573 e. The summed E-state index contributed by atoms with van der Waals surface area (Å²) in [6.07, 6.45) is -1.49. The smallest absolute Gasteiger partial charge is 0.406 e. The second-order valence-electron chi connectivity index (χ2n) is 4.59. The molecule has 0 N–H and O–H groups in total. The van der Waals surface area contributed by atoms with Gasteiger partial charge in [-0.2, -0.15) is 0 Å². The van der Waals surface area contributed by atoms with Gasteiger partial charge in [0, 0.05) is 22.8 Å². The molecule has 1 aromatic heterocycles. The van der Waals surface area contributed by atoms with Crippen LogP contribution < -0.4 is 4.74 Å². The summed E-state index contributed by atoms with van der Waals surface area (Å²) in [5.41, 5.74) is 1.36. The van der Waals surface area contributed by atoms with E-state index in [9.17, 15) is 13.2 Å². The molecule has 6 heteroatoms. The van der Waals surface area contributed by atoms with E-state index in [1.54, 1.807) is 36.7 Å². The van der Waals surface area contributed by atoms with Gasteiger partial charge < -0.3 is 4.74 Å². The van der Waals surface area contributed by atoms with Crippen molar-refractivity contribution in [2.45, 2.75) is 6.36 Å². The number of fused-ring (bicyclic) bond motifs is 1. The molecule has 22 heavy (non-hydrogen) atoms. The van der Waals surface area contributed by atoms with Gasteiger partial charge in [-0.05, 0) is 40.8 Å². The quantitative estimate of drug-likeness (QED) is 0.625. The molecule has 0 amide bonds. The number of rotatable bonds is 2. The van der Waals surface area contributed by atoms with Gasteiger partial charge >= 0.3 is 6.36 Å². The van der Waals surface area contributed by atoms with Gasteiger partial charge in [-0.15, -0.1) is 13.2 Å². The van der Waals surface area contributed by atoms with E-state index >= 15 is 0 Å². The number of aromatic nitrogens is 1. The second-order valence-corrected chi connectivity index (χ2v) is 5.00.